The first-order valence-corrected chi connectivity index (χ1v) is 10.3. The minimum atomic E-state index is -0.252. The van der Waals surface area contributed by atoms with E-state index in [2.05, 4.69) is 11.4 Å². The number of nitrogens with one attached hydrogen (secondary N) is 1. The number of nitrogens with two attached hydrogens (primary N) is 1. The minimum absolute atomic E-state index is 0.0169. The van der Waals surface area contributed by atoms with Gasteiger partial charge < -0.3 is 20.2 Å². The van der Waals surface area contributed by atoms with Gasteiger partial charge >= 0.3 is 0 Å². The van der Waals surface area contributed by atoms with E-state index in [-0.39, 0.29) is 24.4 Å². The van der Waals surface area contributed by atoms with Crippen molar-refractivity contribution in [2.24, 2.45) is 5.73 Å². The Morgan fingerprint density at radius 3 is 2.68 bits per heavy atom. The lowest BCUT2D eigenvalue weighted by Gasteiger charge is -2.13. The minimum Gasteiger partial charge on any atom is -0.352 e. The number of amides is 1. The van der Waals surface area contributed by atoms with E-state index in [9.17, 15) is 9.59 Å². The van der Waals surface area contributed by atoms with Crippen molar-refractivity contribution in [2.45, 2.75) is 39.5 Å². The summed E-state index contributed by atoms with van der Waals surface area (Å²) in [6.45, 7) is 3.34. The molecule has 0 saturated carbocycles. The molecule has 3 aromatic rings. The van der Waals surface area contributed by atoms with Gasteiger partial charge in [-0.15, -0.1) is 0 Å². The predicted molar refractivity (Wildman–Crippen MR) is 119 cm³/mol. The molecule has 1 aromatic carbocycles. The first kappa shape index (κ1) is 22.3. The molecule has 0 unspecified atom stereocenters. The third kappa shape index (κ3) is 5.43. The summed E-state index contributed by atoms with van der Waals surface area (Å²) in [5.41, 5.74) is 9.07. The molecular weight excluding hydrogens is 414 g/mol. The largest absolute Gasteiger partial charge is 0.352 e. The molecule has 0 atom stereocenters. The molecule has 0 fully saturated rings. The number of carbonyl (C=O) groups excluding carboxylic acids is 1. The molecule has 3 rings (SSSR count). The summed E-state index contributed by atoms with van der Waals surface area (Å²) in [5, 5.41) is 12.5. The molecule has 2 aromatic heterocycles. The maximum Gasteiger partial charge on any atom is 0.254 e. The molecule has 31 heavy (non-hydrogen) atoms. The van der Waals surface area contributed by atoms with Crippen LogP contribution in [-0.2, 0) is 37.4 Å². The summed E-state index contributed by atoms with van der Waals surface area (Å²) < 4.78 is 3.36. The van der Waals surface area contributed by atoms with E-state index in [1.165, 1.54) is 0 Å². The van der Waals surface area contributed by atoms with Crippen LogP contribution in [0.25, 0.3) is 0 Å². The monoisotopic (exact) mass is 437 g/mol. The Hall–Kier alpha value is -3.34. The lowest BCUT2D eigenvalue weighted by atomic mass is 10.1. The fourth-order valence-electron chi connectivity index (χ4n) is 3.40. The molecule has 3 N–H and O–H groups in total. The second kappa shape index (κ2) is 10.1. The summed E-state index contributed by atoms with van der Waals surface area (Å²) in [7, 11) is 0. The molecule has 8 heteroatoms. The summed E-state index contributed by atoms with van der Waals surface area (Å²) in [6, 6.07) is 12.8. The molecular formula is C23H24ClN5O2. The Bertz CT molecular complexity index is 1190. The fourth-order valence-corrected chi connectivity index (χ4v) is 3.60. The van der Waals surface area contributed by atoms with Crippen LogP contribution in [0.1, 0.15) is 27.9 Å². The molecule has 0 aliphatic rings. The van der Waals surface area contributed by atoms with Crippen LogP contribution in [0.4, 0.5) is 0 Å². The summed E-state index contributed by atoms with van der Waals surface area (Å²) in [6.07, 6.45) is 3.50. The van der Waals surface area contributed by atoms with Gasteiger partial charge in [0.15, 0.2) is 0 Å². The zero-order chi connectivity index (χ0) is 22.4. The van der Waals surface area contributed by atoms with Crippen molar-refractivity contribution in [1.29, 1.82) is 5.26 Å². The molecule has 0 aliphatic carbocycles. The van der Waals surface area contributed by atoms with E-state index < -0.39 is 0 Å². The van der Waals surface area contributed by atoms with Gasteiger partial charge in [-0.3, -0.25) is 9.59 Å². The molecule has 2 heterocycles. The Labute approximate surface area is 185 Å². The number of halogens is 1. The Morgan fingerprint density at radius 2 is 1.94 bits per heavy atom. The van der Waals surface area contributed by atoms with Crippen LogP contribution in [-0.4, -0.2) is 15.0 Å². The van der Waals surface area contributed by atoms with Crippen molar-refractivity contribution in [1.82, 2.24) is 14.5 Å². The Balaban J connectivity index is 1.69. The first-order chi connectivity index (χ1) is 14.9. The van der Waals surface area contributed by atoms with Crippen molar-refractivity contribution in [2.75, 3.05) is 0 Å². The highest BCUT2D eigenvalue weighted by Gasteiger charge is 2.13. The number of pyridine rings is 1. The Morgan fingerprint density at radius 1 is 1.16 bits per heavy atom. The molecule has 0 spiro atoms. The third-order valence-electron chi connectivity index (χ3n) is 5.23. The van der Waals surface area contributed by atoms with E-state index in [0.29, 0.717) is 35.9 Å². The van der Waals surface area contributed by atoms with Gasteiger partial charge in [-0.1, -0.05) is 17.7 Å². The highest BCUT2D eigenvalue weighted by Crippen LogP contribution is 2.16. The van der Waals surface area contributed by atoms with Crippen LogP contribution in [0, 0.1) is 18.3 Å². The van der Waals surface area contributed by atoms with Gasteiger partial charge in [-0.05, 0) is 53.9 Å². The maximum atomic E-state index is 12.9. The van der Waals surface area contributed by atoms with Crippen LogP contribution in [0.15, 0.2) is 53.6 Å². The number of hydrogen-bond donors (Lipinski definition) is 2. The number of aromatic nitrogens is 2. The van der Waals surface area contributed by atoms with Crippen molar-refractivity contribution >= 4 is 17.5 Å². The number of aryl methyl sites for hydroxylation is 3. The maximum absolute atomic E-state index is 12.9. The zero-order valence-electron chi connectivity index (χ0n) is 17.3. The summed E-state index contributed by atoms with van der Waals surface area (Å²) >= 11 is 6.05. The average Bonchev–Trinajstić information content (AvgIpc) is 3.22. The number of nitriles is 1. The third-order valence-corrected chi connectivity index (χ3v) is 5.46. The summed E-state index contributed by atoms with van der Waals surface area (Å²) in [5.74, 6) is -0.252. The molecule has 7 nitrogen and oxygen atoms in total. The zero-order valence-corrected chi connectivity index (χ0v) is 18.0. The van der Waals surface area contributed by atoms with Crippen LogP contribution >= 0.6 is 11.6 Å². The number of carbonyl (C=O) groups is 1. The van der Waals surface area contributed by atoms with Crippen LogP contribution in [0.3, 0.4) is 0 Å². The predicted octanol–water partition coefficient (Wildman–Crippen LogP) is 2.50. The number of benzene rings is 1. The summed E-state index contributed by atoms with van der Waals surface area (Å²) in [4.78, 5) is 25.5. The van der Waals surface area contributed by atoms with Gasteiger partial charge in [0, 0.05) is 49.2 Å². The molecule has 0 bridgehead atoms. The molecule has 1 amide bonds. The van der Waals surface area contributed by atoms with E-state index >= 15 is 0 Å². The van der Waals surface area contributed by atoms with Crippen molar-refractivity contribution in [3.8, 4) is 6.07 Å². The SMILES string of the molecule is Cc1ccn(CCn2cccc2C#N)c(=O)c1CC(=O)NCc1cc(Cl)ccc1CN. The van der Waals surface area contributed by atoms with Gasteiger partial charge in [0.25, 0.3) is 5.56 Å². The first-order valence-electron chi connectivity index (χ1n) is 9.91. The standard InChI is InChI=1S/C23H24ClN5O2/c1-16-6-8-29(10-9-28-7-2-3-20(28)14-26)23(31)21(16)12-22(30)27-15-18-11-19(24)5-4-17(18)13-25/h2-8,11H,9-10,12-13,15,25H2,1H3,(H,27,30). The van der Waals surface area contributed by atoms with E-state index in [1.54, 1.807) is 45.8 Å². The average molecular weight is 438 g/mol. The molecule has 0 aliphatic heterocycles. The molecule has 0 saturated heterocycles. The lowest BCUT2D eigenvalue weighted by molar-refractivity contribution is -0.120. The van der Waals surface area contributed by atoms with Gasteiger partial charge in [-0.25, -0.2) is 0 Å². The van der Waals surface area contributed by atoms with Gasteiger partial charge in [0.1, 0.15) is 11.8 Å². The number of nitrogens with zero attached hydrogens (tertiary/aromatic N) is 3. The quantitative estimate of drug-likeness (QED) is 0.564. The van der Waals surface area contributed by atoms with Gasteiger partial charge in [-0.2, -0.15) is 5.26 Å². The van der Waals surface area contributed by atoms with E-state index in [1.807, 2.05) is 19.1 Å². The molecule has 160 valence electrons. The number of hydrogen-bond acceptors (Lipinski definition) is 4. The fraction of sp³-hybridized carbons (Fsp3) is 0.261. The lowest BCUT2D eigenvalue weighted by Crippen LogP contribution is -2.31. The van der Waals surface area contributed by atoms with Gasteiger partial charge in [0.05, 0.1) is 6.42 Å². The van der Waals surface area contributed by atoms with Crippen LogP contribution in [0.2, 0.25) is 5.02 Å². The van der Waals surface area contributed by atoms with E-state index in [4.69, 9.17) is 22.6 Å². The number of rotatable bonds is 8. The van der Waals surface area contributed by atoms with Crippen molar-refractivity contribution in [3.63, 3.8) is 0 Å². The van der Waals surface area contributed by atoms with Crippen molar-refractivity contribution < 1.29 is 4.79 Å². The highest BCUT2D eigenvalue weighted by molar-refractivity contribution is 6.30. The smallest absolute Gasteiger partial charge is 0.254 e. The van der Waals surface area contributed by atoms with E-state index in [0.717, 1.165) is 16.7 Å². The molecule has 0 radical (unpaired) electrons. The van der Waals surface area contributed by atoms with Crippen molar-refractivity contribution in [3.05, 3.63) is 92.1 Å². The van der Waals surface area contributed by atoms with Crippen LogP contribution in [0.5, 0.6) is 0 Å². The Kier molecular flexibility index (Phi) is 7.29. The normalized spacial score (nSPS) is 10.6. The highest BCUT2D eigenvalue weighted by atomic mass is 35.5. The second-order valence-corrected chi connectivity index (χ2v) is 7.68. The van der Waals surface area contributed by atoms with Gasteiger partial charge in [0.2, 0.25) is 5.91 Å². The second-order valence-electron chi connectivity index (χ2n) is 7.25. The van der Waals surface area contributed by atoms with Crippen LogP contribution < -0.4 is 16.6 Å². The topological polar surface area (TPSA) is 106 Å².